The van der Waals surface area contributed by atoms with E-state index in [4.69, 9.17) is 5.11 Å². The molecule has 0 saturated heterocycles. The van der Waals surface area contributed by atoms with E-state index in [1.165, 1.54) is 6.07 Å². The first-order valence-corrected chi connectivity index (χ1v) is 6.10. The van der Waals surface area contributed by atoms with E-state index >= 15 is 0 Å². The highest BCUT2D eigenvalue weighted by molar-refractivity contribution is 5.27. The van der Waals surface area contributed by atoms with E-state index in [2.05, 4.69) is 5.32 Å². The Labute approximate surface area is 108 Å². The third-order valence-electron chi connectivity index (χ3n) is 3.31. The largest absolute Gasteiger partial charge is 0.419 e. The van der Waals surface area contributed by atoms with E-state index in [-0.39, 0.29) is 12.6 Å². The van der Waals surface area contributed by atoms with Gasteiger partial charge in [0.2, 0.25) is 0 Å². The minimum Gasteiger partial charge on any atom is -0.393 e. The van der Waals surface area contributed by atoms with Crippen LogP contribution in [0.15, 0.2) is 18.2 Å². The highest BCUT2D eigenvalue weighted by Gasteiger charge is 2.34. The van der Waals surface area contributed by atoms with E-state index in [1.54, 1.807) is 0 Å². The summed E-state index contributed by atoms with van der Waals surface area (Å²) in [4.78, 5) is 0. The lowest BCUT2D eigenvalue weighted by atomic mass is 9.82. The standard InChI is InChI=1S/C13H15F4NO/c14-12-2-1-8(5-11(12)13(15,16)17)6-18-7-9-3-10(19)4-9/h1-2,5,9-10,18-19H,3-4,6-7H2. The molecule has 1 aliphatic carbocycles. The summed E-state index contributed by atoms with van der Waals surface area (Å²) in [6.45, 7) is 0.908. The fourth-order valence-corrected chi connectivity index (χ4v) is 2.19. The molecule has 0 amide bonds. The highest BCUT2D eigenvalue weighted by atomic mass is 19.4. The van der Waals surface area contributed by atoms with Crippen LogP contribution in [0.2, 0.25) is 0 Å². The zero-order valence-corrected chi connectivity index (χ0v) is 10.2. The topological polar surface area (TPSA) is 32.3 Å². The molecule has 6 heteroatoms. The van der Waals surface area contributed by atoms with Crippen molar-refractivity contribution in [3.05, 3.63) is 35.1 Å². The fourth-order valence-electron chi connectivity index (χ4n) is 2.19. The number of aliphatic hydroxyl groups is 1. The molecular weight excluding hydrogens is 262 g/mol. The summed E-state index contributed by atoms with van der Waals surface area (Å²) in [5.74, 6) is -0.879. The normalized spacial score (nSPS) is 23.2. The second kappa shape index (κ2) is 5.46. The molecule has 2 rings (SSSR count). The molecule has 1 saturated carbocycles. The molecule has 2 N–H and O–H groups in total. The smallest absolute Gasteiger partial charge is 0.393 e. The van der Waals surface area contributed by atoms with Gasteiger partial charge in [-0.05, 0) is 43.0 Å². The van der Waals surface area contributed by atoms with Gasteiger partial charge in [-0.15, -0.1) is 0 Å². The Hall–Kier alpha value is -1.14. The predicted molar refractivity (Wildman–Crippen MR) is 61.8 cm³/mol. The second-order valence-corrected chi connectivity index (χ2v) is 4.93. The van der Waals surface area contributed by atoms with Gasteiger partial charge in [0.1, 0.15) is 5.82 Å². The number of nitrogens with one attached hydrogen (secondary N) is 1. The molecule has 1 aromatic carbocycles. The first-order chi connectivity index (χ1) is 8.86. The zero-order valence-electron chi connectivity index (χ0n) is 10.2. The molecule has 1 aliphatic rings. The summed E-state index contributed by atoms with van der Waals surface area (Å²) in [6.07, 6.45) is -3.46. The van der Waals surface area contributed by atoms with Gasteiger partial charge >= 0.3 is 6.18 Å². The average molecular weight is 277 g/mol. The quantitative estimate of drug-likeness (QED) is 0.829. The Morgan fingerprint density at radius 2 is 1.95 bits per heavy atom. The number of benzene rings is 1. The van der Waals surface area contributed by atoms with Gasteiger partial charge in [-0.3, -0.25) is 0 Å². The van der Waals surface area contributed by atoms with Crippen LogP contribution in [0.1, 0.15) is 24.0 Å². The maximum atomic E-state index is 13.1. The molecular formula is C13H15F4NO. The van der Waals surface area contributed by atoms with Crippen molar-refractivity contribution in [1.82, 2.24) is 5.32 Å². The first-order valence-electron chi connectivity index (χ1n) is 6.10. The SMILES string of the molecule is OC1CC(CNCc2ccc(F)c(C(F)(F)F)c2)C1. The maximum absolute atomic E-state index is 13.1. The Balaban J connectivity index is 1.90. The van der Waals surface area contributed by atoms with Crippen LogP contribution in [-0.2, 0) is 12.7 Å². The van der Waals surface area contributed by atoms with Gasteiger partial charge < -0.3 is 10.4 Å². The van der Waals surface area contributed by atoms with E-state index in [0.717, 1.165) is 25.0 Å². The van der Waals surface area contributed by atoms with Gasteiger partial charge in [-0.1, -0.05) is 6.07 Å². The first kappa shape index (κ1) is 14.3. The van der Waals surface area contributed by atoms with Crippen molar-refractivity contribution >= 4 is 0 Å². The molecule has 0 spiro atoms. The number of hydrogen-bond donors (Lipinski definition) is 2. The van der Waals surface area contributed by atoms with Crippen LogP contribution in [0.4, 0.5) is 17.6 Å². The van der Waals surface area contributed by atoms with Crippen molar-refractivity contribution in [2.75, 3.05) is 6.54 Å². The Morgan fingerprint density at radius 1 is 1.26 bits per heavy atom. The third kappa shape index (κ3) is 3.67. The molecule has 0 bridgehead atoms. The minimum atomic E-state index is -4.67. The lowest BCUT2D eigenvalue weighted by Crippen LogP contribution is -2.35. The molecule has 0 radical (unpaired) electrons. The highest BCUT2D eigenvalue weighted by Crippen LogP contribution is 2.32. The summed E-state index contributed by atoms with van der Waals surface area (Å²) < 4.78 is 50.5. The molecule has 106 valence electrons. The summed E-state index contributed by atoms with van der Waals surface area (Å²) in [5.41, 5.74) is -0.834. The van der Waals surface area contributed by atoms with Crippen molar-refractivity contribution < 1.29 is 22.7 Å². The molecule has 1 aromatic rings. The fraction of sp³-hybridized carbons (Fsp3) is 0.538. The second-order valence-electron chi connectivity index (χ2n) is 4.93. The van der Waals surface area contributed by atoms with E-state index in [1.807, 2.05) is 0 Å². The lowest BCUT2D eigenvalue weighted by molar-refractivity contribution is -0.140. The maximum Gasteiger partial charge on any atom is 0.419 e. The third-order valence-corrected chi connectivity index (χ3v) is 3.31. The zero-order chi connectivity index (χ0) is 14.0. The molecule has 0 heterocycles. The molecule has 1 fully saturated rings. The van der Waals surface area contributed by atoms with E-state index in [9.17, 15) is 17.6 Å². The van der Waals surface area contributed by atoms with Crippen LogP contribution in [-0.4, -0.2) is 17.8 Å². The molecule has 2 nitrogen and oxygen atoms in total. The van der Waals surface area contributed by atoms with Crippen molar-refractivity contribution in [3.63, 3.8) is 0 Å². The van der Waals surface area contributed by atoms with Gasteiger partial charge in [-0.25, -0.2) is 4.39 Å². The summed E-state index contributed by atoms with van der Waals surface area (Å²) >= 11 is 0. The van der Waals surface area contributed by atoms with Crippen molar-refractivity contribution in [2.45, 2.75) is 31.7 Å². The summed E-state index contributed by atoms with van der Waals surface area (Å²) in [7, 11) is 0. The number of halogens is 4. The van der Waals surface area contributed by atoms with Crippen LogP contribution >= 0.6 is 0 Å². The number of rotatable bonds is 4. The molecule has 19 heavy (non-hydrogen) atoms. The van der Waals surface area contributed by atoms with Gasteiger partial charge in [-0.2, -0.15) is 13.2 Å². The van der Waals surface area contributed by atoms with Crippen LogP contribution in [0.3, 0.4) is 0 Å². The Bertz CT molecular complexity index is 441. The lowest BCUT2D eigenvalue weighted by Gasteiger charge is -2.31. The number of aliphatic hydroxyl groups excluding tert-OH is 1. The van der Waals surface area contributed by atoms with Crippen LogP contribution in [0.5, 0.6) is 0 Å². The van der Waals surface area contributed by atoms with E-state index < -0.39 is 17.6 Å². The van der Waals surface area contributed by atoms with E-state index in [0.29, 0.717) is 18.0 Å². The molecule has 0 aromatic heterocycles. The van der Waals surface area contributed by atoms with Crippen molar-refractivity contribution in [2.24, 2.45) is 5.92 Å². The van der Waals surface area contributed by atoms with Gasteiger partial charge in [0.25, 0.3) is 0 Å². The van der Waals surface area contributed by atoms with Gasteiger partial charge in [0.15, 0.2) is 0 Å². The summed E-state index contributed by atoms with van der Waals surface area (Å²) in [6, 6.07) is 3.01. The van der Waals surface area contributed by atoms with Crippen molar-refractivity contribution in [3.8, 4) is 0 Å². The van der Waals surface area contributed by atoms with Crippen molar-refractivity contribution in [1.29, 1.82) is 0 Å². The molecule has 0 aliphatic heterocycles. The van der Waals surface area contributed by atoms with Crippen LogP contribution in [0, 0.1) is 11.7 Å². The number of alkyl halides is 3. The minimum absolute atomic E-state index is 0.241. The van der Waals surface area contributed by atoms with Gasteiger partial charge in [0.05, 0.1) is 11.7 Å². The van der Waals surface area contributed by atoms with Crippen LogP contribution in [0.25, 0.3) is 0 Å². The van der Waals surface area contributed by atoms with Gasteiger partial charge in [0, 0.05) is 6.54 Å². The number of hydrogen-bond acceptors (Lipinski definition) is 2. The van der Waals surface area contributed by atoms with Crippen LogP contribution < -0.4 is 5.32 Å². The predicted octanol–water partition coefficient (Wildman–Crippen LogP) is 2.71. The average Bonchev–Trinajstić information content (AvgIpc) is 2.27. The Morgan fingerprint density at radius 3 is 2.53 bits per heavy atom. The summed E-state index contributed by atoms with van der Waals surface area (Å²) in [5, 5.41) is 12.1. The molecule has 0 atom stereocenters. The molecule has 0 unspecified atom stereocenters. The monoisotopic (exact) mass is 277 g/mol. The Kier molecular flexibility index (Phi) is 4.10.